The van der Waals surface area contributed by atoms with Crippen molar-refractivity contribution < 1.29 is 0 Å². The van der Waals surface area contributed by atoms with E-state index < -0.39 is 0 Å². The first-order valence-corrected chi connectivity index (χ1v) is 6.00. The molecule has 19 heavy (non-hydrogen) atoms. The van der Waals surface area contributed by atoms with E-state index in [0.717, 1.165) is 11.3 Å². The molecule has 0 fully saturated rings. The summed E-state index contributed by atoms with van der Waals surface area (Å²) in [5.41, 5.74) is 8.85. The van der Waals surface area contributed by atoms with Crippen molar-refractivity contribution in [3.05, 3.63) is 64.7 Å². The van der Waals surface area contributed by atoms with E-state index in [9.17, 15) is 4.79 Å². The lowest BCUT2D eigenvalue weighted by molar-refractivity contribution is 0.961. The predicted molar refractivity (Wildman–Crippen MR) is 76.5 cm³/mol. The number of hydrogen-bond donors (Lipinski definition) is 1. The fraction of sp³-hybridized carbons (Fsp3) is 0.0667. The second-order valence-corrected chi connectivity index (χ2v) is 4.48. The number of rotatable bonds is 1. The topological polar surface area (TPSA) is 60.9 Å². The van der Waals surface area contributed by atoms with E-state index in [1.54, 1.807) is 18.5 Å². The standard InChI is InChI=1S/C15H13N3O/c1-10-8-11(6-7-13(10)16)18-9-17-14-5-3-2-4-12(14)15(18)19/h2-9H,16H2,1H3. The summed E-state index contributed by atoms with van der Waals surface area (Å²) in [5, 5.41) is 0.611. The van der Waals surface area contributed by atoms with Crippen molar-refractivity contribution in [3.8, 4) is 5.69 Å². The number of benzene rings is 2. The molecule has 0 amide bonds. The van der Waals surface area contributed by atoms with Gasteiger partial charge in [0.15, 0.2) is 0 Å². The van der Waals surface area contributed by atoms with Gasteiger partial charge in [0.25, 0.3) is 5.56 Å². The van der Waals surface area contributed by atoms with Crippen molar-refractivity contribution in [1.29, 1.82) is 0 Å². The third-order valence-corrected chi connectivity index (χ3v) is 3.20. The summed E-state index contributed by atoms with van der Waals surface area (Å²) in [5.74, 6) is 0. The van der Waals surface area contributed by atoms with Gasteiger partial charge in [0.1, 0.15) is 6.33 Å². The number of para-hydroxylation sites is 1. The Balaban J connectivity index is 2.28. The van der Waals surface area contributed by atoms with E-state index in [1.807, 2.05) is 37.3 Å². The summed E-state index contributed by atoms with van der Waals surface area (Å²) in [6.07, 6.45) is 1.55. The molecule has 2 N–H and O–H groups in total. The van der Waals surface area contributed by atoms with E-state index in [2.05, 4.69) is 4.98 Å². The van der Waals surface area contributed by atoms with Crippen LogP contribution in [0.25, 0.3) is 16.6 Å². The van der Waals surface area contributed by atoms with Gasteiger partial charge in [-0.05, 0) is 42.8 Å². The van der Waals surface area contributed by atoms with Gasteiger partial charge in [-0.25, -0.2) is 4.98 Å². The molecule has 0 bridgehead atoms. The van der Waals surface area contributed by atoms with Crippen LogP contribution in [0.3, 0.4) is 0 Å². The van der Waals surface area contributed by atoms with E-state index in [-0.39, 0.29) is 5.56 Å². The number of aryl methyl sites for hydroxylation is 1. The van der Waals surface area contributed by atoms with Crippen LogP contribution in [0.5, 0.6) is 0 Å². The maximum atomic E-state index is 12.4. The smallest absolute Gasteiger partial charge is 0.265 e. The first-order valence-electron chi connectivity index (χ1n) is 6.00. The van der Waals surface area contributed by atoms with E-state index in [0.29, 0.717) is 16.6 Å². The van der Waals surface area contributed by atoms with Gasteiger partial charge in [-0.15, -0.1) is 0 Å². The lowest BCUT2D eigenvalue weighted by atomic mass is 10.2. The molecule has 94 valence electrons. The molecular weight excluding hydrogens is 238 g/mol. The Morgan fingerprint density at radius 1 is 1.16 bits per heavy atom. The summed E-state index contributed by atoms with van der Waals surface area (Å²) in [6, 6.07) is 12.8. The highest BCUT2D eigenvalue weighted by molar-refractivity contribution is 5.77. The Bertz CT molecular complexity index is 821. The molecule has 0 radical (unpaired) electrons. The fourth-order valence-electron chi connectivity index (χ4n) is 2.06. The van der Waals surface area contributed by atoms with Crippen LogP contribution in [0.1, 0.15) is 5.56 Å². The van der Waals surface area contributed by atoms with Crippen molar-refractivity contribution in [2.24, 2.45) is 0 Å². The van der Waals surface area contributed by atoms with Crippen LogP contribution in [0.15, 0.2) is 53.6 Å². The Kier molecular flexibility index (Phi) is 2.56. The number of nitrogens with zero attached hydrogens (tertiary/aromatic N) is 2. The molecule has 3 aromatic rings. The molecule has 0 unspecified atom stereocenters. The molecule has 4 nitrogen and oxygen atoms in total. The van der Waals surface area contributed by atoms with Crippen molar-refractivity contribution in [2.45, 2.75) is 6.92 Å². The lowest BCUT2D eigenvalue weighted by Crippen LogP contribution is -2.18. The van der Waals surface area contributed by atoms with Crippen LogP contribution in [0.4, 0.5) is 5.69 Å². The number of fused-ring (bicyclic) bond motifs is 1. The van der Waals surface area contributed by atoms with Crippen molar-refractivity contribution in [2.75, 3.05) is 5.73 Å². The molecule has 0 saturated heterocycles. The SMILES string of the molecule is Cc1cc(-n2cnc3ccccc3c2=O)ccc1N. The summed E-state index contributed by atoms with van der Waals surface area (Å²) in [4.78, 5) is 16.7. The van der Waals surface area contributed by atoms with Gasteiger partial charge in [-0.2, -0.15) is 0 Å². The van der Waals surface area contributed by atoms with Gasteiger partial charge in [0.05, 0.1) is 16.6 Å². The normalized spacial score (nSPS) is 10.8. The van der Waals surface area contributed by atoms with Gasteiger partial charge in [-0.1, -0.05) is 12.1 Å². The number of aromatic nitrogens is 2. The quantitative estimate of drug-likeness (QED) is 0.675. The van der Waals surface area contributed by atoms with Crippen molar-refractivity contribution >= 4 is 16.6 Å². The van der Waals surface area contributed by atoms with Gasteiger partial charge >= 0.3 is 0 Å². The maximum absolute atomic E-state index is 12.4. The van der Waals surface area contributed by atoms with Gasteiger partial charge in [-0.3, -0.25) is 9.36 Å². The highest BCUT2D eigenvalue weighted by Crippen LogP contribution is 2.15. The van der Waals surface area contributed by atoms with E-state index in [4.69, 9.17) is 5.73 Å². The van der Waals surface area contributed by atoms with Crippen molar-refractivity contribution in [1.82, 2.24) is 9.55 Å². The minimum atomic E-state index is -0.0743. The van der Waals surface area contributed by atoms with Crippen LogP contribution in [-0.2, 0) is 0 Å². The molecule has 0 saturated carbocycles. The third kappa shape index (κ3) is 1.87. The van der Waals surface area contributed by atoms with Crippen LogP contribution >= 0.6 is 0 Å². The molecule has 0 atom stereocenters. The van der Waals surface area contributed by atoms with Gasteiger partial charge < -0.3 is 5.73 Å². The minimum absolute atomic E-state index is 0.0743. The lowest BCUT2D eigenvalue weighted by Gasteiger charge is -2.08. The Labute approximate surface area is 110 Å². The molecule has 0 aliphatic rings. The molecular formula is C15H13N3O. The molecule has 0 aliphatic carbocycles. The second kappa shape index (κ2) is 4.24. The molecule has 4 heteroatoms. The van der Waals surface area contributed by atoms with Crippen molar-refractivity contribution in [3.63, 3.8) is 0 Å². The van der Waals surface area contributed by atoms with Crippen LogP contribution in [-0.4, -0.2) is 9.55 Å². The number of nitrogen functional groups attached to an aromatic ring is 1. The Hall–Kier alpha value is -2.62. The van der Waals surface area contributed by atoms with Crippen LogP contribution in [0, 0.1) is 6.92 Å². The van der Waals surface area contributed by atoms with Gasteiger partial charge in [0.2, 0.25) is 0 Å². The molecule has 1 heterocycles. The molecule has 0 spiro atoms. The minimum Gasteiger partial charge on any atom is -0.399 e. The third-order valence-electron chi connectivity index (χ3n) is 3.20. The van der Waals surface area contributed by atoms with E-state index >= 15 is 0 Å². The summed E-state index contributed by atoms with van der Waals surface area (Å²) >= 11 is 0. The number of anilines is 1. The van der Waals surface area contributed by atoms with E-state index in [1.165, 1.54) is 4.57 Å². The summed E-state index contributed by atoms with van der Waals surface area (Å²) in [7, 11) is 0. The zero-order valence-electron chi connectivity index (χ0n) is 10.5. The zero-order chi connectivity index (χ0) is 13.4. The highest BCUT2D eigenvalue weighted by Gasteiger charge is 2.06. The number of nitrogens with two attached hydrogens (primary N) is 1. The Morgan fingerprint density at radius 2 is 1.95 bits per heavy atom. The first kappa shape index (κ1) is 11.5. The number of hydrogen-bond acceptors (Lipinski definition) is 3. The maximum Gasteiger partial charge on any atom is 0.265 e. The average Bonchev–Trinajstić information content (AvgIpc) is 2.43. The van der Waals surface area contributed by atoms with Crippen LogP contribution in [0.2, 0.25) is 0 Å². The monoisotopic (exact) mass is 251 g/mol. The summed E-state index contributed by atoms with van der Waals surface area (Å²) in [6.45, 7) is 1.92. The second-order valence-electron chi connectivity index (χ2n) is 4.48. The zero-order valence-corrected chi connectivity index (χ0v) is 10.5. The average molecular weight is 251 g/mol. The molecule has 1 aromatic heterocycles. The molecule has 3 rings (SSSR count). The first-order chi connectivity index (χ1) is 9.16. The fourth-order valence-corrected chi connectivity index (χ4v) is 2.06. The molecule has 0 aliphatic heterocycles. The largest absolute Gasteiger partial charge is 0.399 e. The summed E-state index contributed by atoms with van der Waals surface area (Å²) < 4.78 is 1.54. The van der Waals surface area contributed by atoms with Crippen LogP contribution < -0.4 is 11.3 Å². The highest BCUT2D eigenvalue weighted by atomic mass is 16.1. The molecule has 2 aromatic carbocycles. The predicted octanol–water partition coefficient (Wildman–Crippen LogP) is 2.28. The Morgan fingerprint density at radius 3 is 2.74 bits per heavy atom. The van der Waals surface area contributed by atoms with Gasteiger partial charge in [0, 0.05) is 5.69 Å².